The standard InChI is InChI=1S/C13H16N2O6/c1-2-3-4-7-5-15(13(20)14-11(7)19)12-10(18)9(17)8(6-16)21-12/h5,8-10,12,16-18H,2,6H2,1H3,(H,14,19,20)/t8-,9-,10+,12-/m1/s1. The quantitative estimate of drug-likeness (QED) is 0.464. The van der Waals surface area contributed by atoms with Gasteiger partial charge in [0.1, 0.15) is 23.9 Å². The van der Waals surface area contributed by atoms with E-state index in [-0.39, 0.29) is 5.56 Å². The summed E-state index contributed by atoms with van der Waals surface area (Å²) < 4.78 is 6.19. The highest BCUT2D eigenvalue weighted by Gasteiger charge is 2.43. The molecule has 1 saturated heterocycles. The molecule has 1 aromatic heterocycles. The van der Waals surface area contributed by atoms with Crippen molar-refractivity contribution < 1.29 is 20.1 Å². The zero-order valence-corrected chi connectivity index (χ0v) is 11.3. The zero-order chi connectivity index (χ0) is 15.6. The molecule has 0 spiro atoms. The number of aromatic nitrogens is 2. The van der Waals surface area contributed by atoms with Crippen LogP contribution in [-0.2, 0) is 4.74 Å². The van der Waals surface area contributed by atoms with E-state index < -0.39 is 42.4 Å². The zero-order valence-electron chi connectivity index (χ0n) is 11.3. The third kappa shape index (κ3) is 2.91. The van der Waals surface area contributed by atoms with E-state index in [0.717, 1.165) is 4.57 Å². The van der Waals surface area contributed by atoms with Gasteiger partial charge in [0.05, 0.1) is 6.61 Å². The van der Waals surface area contributed by atoms with Gasteiger partial charge in [-0.05, 0) is 0 Å². The maximum Gasteiger partial charge on any atom is 0.330 e. The van der Waals surface area contributed by atoms with Crippen molar-refractivity contribution in [3.8, 4) is 11.8 Å². The van der Waals surface area contributed by atoms with Crippen molar-refractivity contribution in [3.63, 3.8) is 0 Å². The van der Waals surface area contributed by atoms with Crippen LogP contribution in [0.3, 0.4) is 0 Å². The molecule has 8 nitrogen and oxygen atoms in total. The van der Waals surface area contributed by atoms with E-state index in [9.17, 15) is 19.8 Å². The summed E-state index contributed by atoms with van der Waals surface area (Å²) in [7, 11) is 0. The highest BCUT2D eigenvalue weighted by atomic mass is 16.6. The third-order valence-corrected chi connectivity index (χ3v) is 3.16. The van der Waals surface area contributed by atoms with Gasteiger partial charge in [0.15, 0.2) is 6.23 Å². The lowest BCUT2D eigenvalue weighted by molar-refractivity contribution is -0.0550. The van der Waals surface area contributed by atoms with Crippen LogP contribution in [0.2, 0.25) is 0 Å². The summed E-state index contributed by atoms with van der Waals surface area (Å²) in [6.07, 6.45) is -3.24. The van der Waals surface area contributed by atoms with Crippen molar-refractivity contribution in [1.82, 2.24) is 9.55 Å². The van der Waals surface area contributed by atoms with Gasteiger partial charge in [-0.15, -0.1) is 0 Å². The average Bonchev–Trinajstić information content (AvgIpc) is 2.74. The Morgan fingerprint density at radius 2 is 2.10 bits per heavy atom. The third-order valence-electron chi connectivity index (χ3n) is 3.16. The number of ether oxygens (including phenoxy) is 1. The maximum absolute atomic E-state index is 11.8. The molecular formula is C13H16N2O6. The molecule has 0 saturated carbocycles. The van der Waals surface area contributed by atoms with Gasteiger partial charge in [-0.1, -0.05) is 18.8 Å². The smallest absolute Gasteiger partial charge is 0.330 e. The molecule has 0 aliphatic carbocycles. The van der Waals surface area contributed by atoms with Gasteiger partial charge in [-0.3, -0.25) is 14.3 Å². The summed E-state index contributed by atoms with van der Waals surface area (Å²) in [5.41, 5.74) is -1.38. The Hall–Kier alpha value is -1.92. The first kappa shape index (κ1) is 15.5. The molecule has 0 amide bonds. The largest absolute Gasteiger partial charge is 0.394 e. The lowest BCUT2D eigenvalue weighted by Crippen LogP contribution is -2.38. The van der Waals surface area contributed by atoms with Gasteiger partial charge in [0.25, 0.3) is 5.56 Å². The van der Waals surface area contributed by atoms with E-state index in [1.807, 2.05) is 6.92 Å². The monoisotopic (exact) mass is 296 g/mol. The molecule has 0 unspecified atom stereocenters. The molecule has 0 radical (unpaired) electrons. The number of aliphatic hydroxyl groups is 3. The van der Waals surface area contributed by atoms with Crippen LogP contribution in [-0.4, -0.2) is 49.8 Å². The molecule has 2 heterocycles. The molecule has 0 bridgehead atoms. The topological polar surface area (TPSA) is 125 Å². The van der Waals surface area contributed by atoms with Crippen LogP contribution in [0.5, 0.6) is 0 Å². The summed E-state index contributed by atoms with van der Waals surface area (Å²) in [4.78, 5) is 25.5. The van der Waals surface area contributed by atoms with Crippen molar-refractivity contribution in [3.05, 3.63) is 32.6 Å². The Morgan fingerprint density at radius 1 is 1.38 bits per heavy atom. The maximum atomic E-state index is 11.8. The van der Waals surface area contributed by atoms with E-state index in [4.69, 9.17) is 9.84 Å². The van der Waals surface area contributed by atoms with E-state index >= 15 is 0 Å². The number of hydrogen-bond donors (Lipinski definition) is 4. The number of nitrogens with zero attached hydrogens (tertiary/aromatic N) is 1. The highest BCUT2D eigenvalue weighted by Crippen LogP contribution is 2.27. The van der Waals surface area contributed by atoms with Crippen LogP contribution in [0.15, 0.2) is 15.8 Å². The van der Waals surface area contributed by atoms with Crippen LogP contribution in [0.1, 0.15) is 25.1 Å². The minimum atomic E-state index is -1.40. The Balaban J connectivity index is 2.45. The number of aromatic amines is 1. The van der Waals surface area contributed by atoms with E-state index in [2.05, 4.69) is 16.8 Å². The summed E-state index contributed by atoms with van der Waals surface area (Å²) in [5, 5.41) is 28.6. The van der Waals surface area contributed by atoms with Gasteiger partial charge in [0, 0.05) is 12.6 Å². The first-order valence-corrected chi connectivity index (χ1v) is 6.46. The molecule has 1 aliphatic rings. The van der Waals surface area contributed by atoms with E-state index in [1.54, 1.807) is 0 Å². The fourth-order valence-electron chi connectivity index (χ4n) is 2.06. The minimum Gasteiger partial charge on any atom is -0.394 e. The Morgan fingerprint density at radius 3 is 2.67 bits per heavy atom. The van der Waals surface area contributed by atoms with Crippen LogP contribution in [0.4, 0.5) is 0 Å². The Bertz CT molecular complexity index is 682. The Labute approximate surface area is 119 Å². The molecule has 114 valence electrons. The van der Waals surface area contributed by atoms with Crippen molar-refractivity contribution in [2.24, 2.45) is 0 Å². The fraction of sp³-hybridized carbons (Fsp3) is 0.538. The number of H-pyrrole nitrogens is 1. The molecule has 4 atom stereocenters. The second-order valence-electron chi connectivity index (χ2n) is 4.59. The van der Waals surface area contributed by atoms with E-state index in [1.165, 1.54) is 6.20 Å². The summed E-state index contributed by atoms with van der Waals surface area (Å²) >= 11 is 0. The Kier molecular flexibility index (Phi) is 4.59. The summed E-state index contributed by atoms with van der Waals surface area (Å²) in [5.74, 6) is 5.31. The van der Waals surface area contributed by atoms with Gasteiger partial charge >= 0.3 is 5.69 Å². The van der Waals surface area contributed by atoms with Crippen LogP contribution >= 0.6 is 0 Å². The number of nitrogens with one attached hydrogen (secondary N) is 1. The van der Waals surface area contributed by atoms with Crippen LogP contribution in [0.25, 0.3) is 0 Å². The molecule has 2 rings (SSSR count). The normalized spacial score (nSPS) is 28.2. The SMILES string of the molecule is CCC#Cc1cn([C@@H]2O[C@H](CO)[C@@H](O)[C@@H]2O)c(=O)[nH]c1=O. The second kappa shape index (κ2) is 6.24. The first-order valence-electron chi connectivity index (χ1n) is 6.46. The van der Waals surface area contributed by atoms with Crippen molar-refractivity contribution in [2.45, 2.75) is 37.9 Å². The van der Waals surface area contributed by atoms with Gasteiger partial charge in [-0.2, -0.15) is 0 Å². The number of aliphatic hydroxyl groups excluding tert-OH is 3. The molecule has 1 fully saturated rings. The molecule has 21 heavy (non-hydrogen) atoms. The molecule has 0 aromatic carbocycles. The summed E-state index contributed by atoms with van der Waals surface area (Å²) in [6, 6.07) is 0. The van der Waals surface area contributed by atoms with Crippen LogP contribution < -0.4 is 11.2 Å². The second-order valence-corrected chi connectivity index (χ2v) is 4.59. The summed E-state index contributed by atoms with van der Waals surface area (Å²) in [6.45, 7) is 1.30. The molecule has 8 heteroatoms. The van der Waals surface area contributed by atoms with Gasteiger partial charge in [0.2, 0.25) is 0 Å². The van der Waals surface area contributed by atoms with Gasteiger partial charge in [-0.25, -0.2) is 4.79 Å². The highest BCUT2D eigenvalue weighted by molar-refractivity contribution is 5.29. The predicted octanol–water partition coefficient (Wildman–Crippen LogP) is -2.09. The molecule has 4 N–H and O–H groups in total. The average molecular weight is 296 g/mol. The fourth-order valence-corrected chi connectivity index (χ4v) is 2.06. The van der Waals surface area contributed by atoms with Crippen molar-refractivity contribution >= 4 is 0 Å². The first-order chi connectivity index (χ1) is 9.99. The van der Waals surface area contributed by atoms with Gasteiger partial charge < -0.3 is 20.1 Å². The van der Waals surface area contributed by atoms with Crippen molar-refractivity contribution in [2.75, 3.05) is 6.61 Å². The molecule has 1 aromatic rings. The lowest BCUT2D eigenvalue weighted by Gasteiger charge is -2.17. The van der Waals surface area contributed by atoms with Crippen LogP contribution in [0, 0.1) is 11.8 Å². The minimum absolute atomic E-state index is 0.0502. The predicted molar refractivity (Wildman–Crippen MR) is 71.5 cm³/mol. The van der Waals surface area contributed by atoms with E-state index in [0.29, 0.717) is 6.42 Å². The van der Waals surface area contributed by atoms with Crippen molar-refractivity contribution in [1.29, 1.82) is 0 Å². The number of rotatable bonds is 2. The lowest BCUT2D eigenvalue weighted by atomic mass is 10.1. The molecular weight excluding hydrogens is 280 g/mol. The number of hydrogen-bond acceptors (Lipinski definition) is 6. The molecule has 1 aliphatic heterocycles.